The molecule has 8 nitrogen and oxygen atoms in total. The largest absolute Gasteiger partial charge is 0.271 e. The predicted molar refractivity (Wildman–Crippen MR) is 95.0 cm³/mol. The molecular weight excluding hydrogens is 356 g/mol. The summed E-state index contributed by atoms with van der Waals surface area (Å²) in [5, 5.41) is 12.5. The summed E-state index contributed by atoms with van der Waals surface area (Å²) in [6.07, 6.45) is 0. The van der Waals surface area contributed by atoms with E-state index in [2.05, 4.69) is 26.3 Å². The number of amides is 2. The van der Waals surface area contributed by atoms with Gasteiger partial charge in [-0.25, -0.2) is 0 Å². The number of carbonyl (C=O) groups excluding carboxylic acids is 2. The fourth-order valence-electron chi connectivity index (χ4n) is 2.12. The van der Waals surface area contributed by atoms with E-state index in [0.717, 1.165) is 5.56 Å². The number of tetrazole rings is 1. The fraction of sp³-hybridized carbons (Fsp3) is 0.118. The third-order valence-electron chi connectivity index (χ3n) is 3.57. The molecule has 0 saturated heterocycles. The first kappa shape index (κ1) is 17.6. The van der Waals surface area contributed by atoms with E-state index < -0.39 is 17.9 Å². The molecule has 2 N–H and O–H groups in total. The minimum atomic E-state index is -0.764. The van der Waals surface area contributed by atoms with Gasteiger partial charge in [0.25, 0.3) is 11.8 Å². The first-order valence-corrected chi connectivity index (χ1v) is 8.13. The molecule has 132 valence electrons. The van der Waals surface area contributed by atoms with Crippen molar-refractivity contribution < 1.29 is 9.59 Å². The molecule has 0 radical (unpaired) electrons. The van der Waals surface area contributed by atoms with Gasteiger partial charge in [0.2, 0.25) is 5.82 Å². The highest BCUT2D eigenvalue weighted by molar-refractivity contribution is 6.30. The van der Waals surface area contributed by atoms with E-state index in [1.54, 1.807) is 25.1 Å². The van der Waals surface area contributed by atoms with Gasteiger partial charge in [-0.3, -0.25) is 20.4 Å². The lowest BCUT2D eigenvalue weighted by Crippen LogP contribution is -2.44. The summed E-state index contributed by atoms with van der Waals surface area (Å²) in [7, 11) is 0. The Morgan fingerprint density at radius 3 is 2.58 bits per heavy atom. The molecule has 0 fully saturated rings. The number of nitrogens with one attached hydrogen (secondary N) is 2. The zero-order valence-corrected chi connectivity index (χ0v) is 14.5. The van der Waals surface area contributed by atoms with Gasteiger partial charge in [-0.1, -0.05) is 48.0 Å². The first-order chi connectivity index (χ1) is 12.5. The van der Waals surface area contributed by atoms with Crippen molar-refractivity contribution in [1.82, 2.24) is 31.1 Å². The second kappa shape index (κ2) is 7.75. The third kappa shape index (κ3) is 4.04. The number of nitrogens with zero attached hydrogens (tertiary/aromatic N) is 4. The van der Waals surface area contributed by atoms with E-state index in [9.17, 15) is 9.59 Å². The smallest absolute Gasteiger partial charge is 0.269 e. The maximum Gasteiger partial charge on any atom is 0.269 e. The zero-order valence-electron chi connectivity index (χ0n) is 13.8. The van der Waals surface area contributed by atoms with Crippen LogP contribution in [0.5, 0.6) is 0 Å². The number of hydrazine groups is 1. The Bertz CT molecular complexity index is 928. The normalized spacial score (nSPS) is 11.6. The summed E-state index contributed by atoms with van der Waals surface area (Å²) in [4.78, 5) is 25.4. The van der Waals surface area contributed by atoms with Crippen LogP contribution in [0.15, 0.2) is 54.6 Å². The van der Waals surface area contributed by atoms with E-state index in [1.807, 2.05) is 30.3 Å². The summed E-state index contributed by atoms with van der Waals surface area (Å²) in [6.45, 7) is 1.59. The molecule has 1 aromatic heterocycles. The molecule has 3 rings (SSSR count). The molecule has 9 heteroatoms. The van der Waals surface area contributed by atoms with E-state index >= 15 is 0 Å². The monoisotopic (exact) mass is 370 g/mol. The van der Waals surface area contributed by atoms with Gasteiger partial charge in [-0.15, -0.1) is 10.2 Å². The average Bonchev–Trinajstić information content (AvgIpc) is 3.16. The number of benzene rings is 2. The Labute approximate surface area is 154 Å². The number of rotatable bonds is 4. The maximum atomic E-state index is 12.2. The lowest BCUT2D eigenvalue weighted by atomic mass is 10.2. The van der Waals surface area contributed by atoms with Crippen LogP contribution in [0.4, 0.5) is 0 Å². The molecule has 0 aliphatic rings. The Morgan fingerprint density at radius 2 is 1.85 bits per heavy atom. The standard InChI is InChI=1S/C17H15ClN6O2/c1-11(24-22-15(19-23-24)12-6-3-2-4-7-12)16(25)20-21-17(26)13-8-5-9-14(18)10-13/h2-11H,1H3,(H,20,25)(H,21,26)/t11-/m0/s1. The Balaban J connectivity index is 1.61. The summed E-state index contributed by atoms with van der Waals surface area (Å²) >= 11 is 5.84. The van der Waals surface area contributed by atoms with Gasteiger partial charge in [-0.05, 0) is 30.3 Å². The molecule has 1 heterocycles. The predicted octanol–water partition coefficient (Wildman–Crippen LogP) is 2.02. The second-order valence-electron chi connectivity index (χ2n) is 5.43. The summed E-state index contributed by atoms with van der Waals surface area (Å²) in [5.41, 5.74) is 5.79. The van der Waals surface area contributed by atoms with Crippen LogP contribution >= 0.6 is 11.6 Å². The van der Waals surface area contributed by atoms with E-state index in [-0.39, 0.29) is 0 Å². The van der Waals surface area contributed by atoms with Crippen molar-refractivity contribution in [3.8, 4) is 11.4 Å². The van der Waals surface area contributed by atoms with Crippen LogP contribution in [0.25, 0.3) is 11.4 Å². The van der Waals surface area contributed by atoms with Crippen molar-refractivity contribution in [1.29, 1.82) is 0 Å². The van der Waals surface area contributed by atoms with Crippen LogP contribution in [0, 0.1) is 0 Å². The minimum absolute atomic E-state index is 0.329. The number of carbonyl (C=O) groups is 2. The molecular formula is C17H15ClN6O2. The van der Waals surface area contributed by atoms with Crippen LogP contribution in [0.2, 0.25) is 5.02 Å². The fourth-order valence-corrected chi connectivity index (χ4v) is 2.31. The number of hydrogen-bond acceptors (Lipinski definition) is 5. The average molecular weight is 371 g/mol. The molecule has 0 unspecified atom stereocenters. The van der Waals surface area contributed by atoms with Gasteiger partial charge in [0.1, 0.15) is 0 Å². The number of aromatic nitrogens is 4. The minimum Gasteiger partial charge on any atom is -0.271 e. The van der Waals surface area contributed by atoms with Crippen molar-refractivity contribution in [2.24, 2.45) is 0 Å². The van der Waals surface area contributed by atoms with Crippen molar-refractivity contribution in [3.63, 3.8) is 0 Å². The molecule has 26 heavy (non-hydrogen) atoms. The van der Waals surface area contributed by atoms with Crippen molar-refractivity contribution in [2.45, 2.75) is 13.0 Å². The zero-order chi connectivity index (χ0) is 18.5. The molecule has 0 aliphatic heterocycles. The van der Waals surface area contributed by atoms with E-state index in [1.165, 1.54) is 10.9 Å². The highest BCUT2D eigenvalue weighted by atomic mass is 35.5. The Hall–Kier alpha value is -3.26. The molecule has 2 amide bonds. The van der Waals surface area contributed by atoms with Crippen LogP contribution in [-0.4, -0.2) is 32.0 Å². The highest BCUT2D eigenvalue weighted by Crippen LogP contribution is 2.13. The molecule has 0 spiro atoms. The van der Waals surface area contributed by atoms with Crippen LogP contribution < -0.4 is 10.9 Å². The Kier molecular flexibility index (Phi) is 5.23. The molecule has 1 atom stereocenters. The van der Waals surface area contributed by atoms with Crippen LogP contribution in [-0.2, 0) is 4.79 Å². The highest BCUT2D eigenvalue weighted by Gasteiger charge is 2.19. The van der Waals surface area contributed by atoms with Crippen molar-refractivity contribution >= 4 is 23.4 Å². The van der Waals surface area contributed by atoms with Crippen LogP contribution in [0.1, 0.15) is 23.3 Å². The first-order valence-electron chi connectivity index (χ1n) is 7.75. The van der Waals surface area contributed by atoms with Gasteiger partial charge in [-0.2, -0.15) is 4.80 Å². The quantitative estimate of drug-likeness (QED) is 0.684. The van der Waals surface area contributed by atoms with E-state index in [0.29, 0.717) is 16.4 Å². The summed E-state index contributed by atoms with van der Waals surface area (Å²) in [5.74, 6) is -0.560. The molecule has 0 saturated carbocycles. The maximum absolute atomic E-state index is 12.2. The molecule has 0 aliphatic carbocycles. The van der Waals surface area contributed by atoms with Gasteiger partial charge in [0, 0.05) is 16.1 Å². The number of hydrogen-bond donors (Lipinski definition) is 2. The van der Waals surface area contributed by atoms with Crippen LogP contribution in [0.3, 0.4) is 0 Å². The van der Waals surface area contributed by atoms with Gasteiger partial charge < -0.3 is 0 Å². The third-order valence-corrected chi connectivity index (χ3v) is 3.81. The SMILES string of the molecule is C[C@@H](C(=O)NNC(=O)c1cccc(Cl)c1)n1nnc(-c2ccccc2)n1. The Morgan fingerprint density at radius 1 is 1.08 bits per heavy atom. The van der Waals surface area contributed by atoms with Gasteiger partial charge in [0.05, 0.1) is 0 Å². The van der Waals surface area contributed by atoms with Crippen molar-refractivity contribution in [2.75, 3.05) is 0 Å². The lowest BCUT2D eigenvalue weighted by molar-refractivity contribution is -0.125. The van der Waals surface area contributed by atoms with Gasteiger partial charge >= 0.3 is 0 Å². The van der Waals surface area contributed by atoms with Gasteiger partial charge in [0.15, 0.2) is 6.04 Å². The second-order valence-corrected chi connectivity index (χ2v) is 5.87. The molecule has 0 bridgehead atoms. The summed E-state index contributed by atoms with van der Waals surface area (Å²) in [6, 6.07) is 14.9. The lowest BCUT2D eigenvalue weighted by Gasteiger charge is -2.11. The molecule has 2 aromatic carbocycles. The van der Waals surface area contributed by atoms with E-state index in [4.69, 9.17) is 11.6 Å². The topological polar surface area (TPSA) is 102 Å². The van der Waals surface area contributed by atoms with Crippen molar-refractivity contribution in [3.05, 3.63) is 65.2 Å². The number of halogens is 1. The molecule has 3 aromatic rings. The summed E-state index contributed by atoms with van der Waals surface area (Å²) < 4.78 is 0.